The maximum absolute atomic E-state index is 6.03. The zero-order valence-electron chi connectivity index (χ0n) is 12.7. The van der Waals surface area contributed by atoms with Crippen LogP contribution in [0.4, 0.5) is 6.01 Å². The van der Waals surface area contributed by atoms with E-state index in [1.807, 2.05) is 18.2 Å². The van der Waals surface area contributed by atoms with Gasteiger partial charge in [0, 0.05) is 12.5 Å². The summed E-state index contributed by atoms with van der Waals surface area (Å²) >= 11 is 0. The van der Waals surface area contributed by atoms with Gasteiger partial charge in [0.25, 0.3) is 0 Å². The van der Waals surface area contributed by atoms with Crippen LogP contribution in [0.25, 0.3) is 0 Å². The van der Waals surface area contributed by atoms with Gasteiger partial charge in [-0.05, 0) is 12.5 Å². The summed E-state index contributed by atoms with van der Waals surface area (Å²) < 4.78 is 11.4. The Hall–Kier alpha value is -1.88. The van der Waals surface area contributed by atoms with Gasteiger partial charge in [0.1, 0.15) is 5.60 Å². The Labute approximate surface area is 124 Å². The SMILES string of the molecule is CC(C)c1noc(N2CCOC(C)(c3ccccc3)C2)n1. The van der Waals surface area contributed by atoms with Crippen LogP contribution in [0.2, 0.25) is 0 Å². The zero-order valence-corrected chi connectivity index (χ0v) is 12.7. The lowest BCUT2D eigenvalue weighted by molar-refractivity contribution is -0.0480. The molecular formula is C16H21N3O2. The lowest BCUT2D eigenvalue weighted by Crippen LogP contribution is -2.48. The van der Waals surface area contributed by atoms with Crippen LogP contribution in [-0.4, -0.2) is 29.8 Å². The van der Waals surface area contributed by atoms with E-state index in [9.17, 15) is 0 Å². The van der Waals surface area contributed by atoms with Crippen LogP contribution >= 0.6 is 0 Å². The average Bonchev–Trinajstić information content (AvgIpc) is 2.98. The third kappa shape index (κ3) is 2.78. The number of anilines is 1. The van der Waals surface area contributed by atoms with Gasteiger partial charge in [-0.1, -0.05) is 49.3 Å². The third-order valence-corrected chi connectivity index (χ3v) is 3.88. The minimum atomic E-state index is -0.355. The Morgan fingerprint density at radius 3 is 2.67 bits per heavy atom. The Bertz CT molecular complexity index is 597. The van der Waals surface area contributed by atoms with E-state index in [4.69, 9.17) is 9.26 Å². The molecule has 1 atom stereocenters. The molecule has 0 N–H and O–H groups in total. The van der Waals surface area contributed by atoms with Gasteiger partial charge < -0.3 is 14.2 Å². The molecule has 0 saturated carbocycles. The van der Waals surface area contributed by atoms with Gasteiger partial charge in [0.05, 0.1) is 13.2 Å². The van der Waals surface area contributed by atoms with E-state index >= 15 is 0 Å². The second-order valence-electron chi connectivity index (χ2n) is 5.96. The predicted octanol–water partition coefficient (Wildman–Crippen LogP) is 2.95. The van der Waals surface area contributed by atoms with E-state index in [0.717, 1.165) is 12.4 Å². The first-order chi connectivity index (χ1) is 10.1. The molecule has 3 rings (SSSR count). The Kier molecular flexibility index (Phi) is 3.68. The molecule has 5 nitrogen and oxygen atoms in total. The second-order valence-corrected chi connectivity index (χ2v) is 5.96. The van der Waals surface area contributed by atoms with Crippen LogP contribution in [0.3, 0.4) is 0 Å². The number of hydrogen-bond acceptors (Lipinski definition) is 5. The van der Waals surface area contributed by atoms with Crippen LogP contribution < -0.4 is 4.90 Å². The van der Waals surface area contributed by atoms with E-state index < -0.39 is 0 Å². The fraction of sp³-hybridized carbons (Fsp3) is 0.500. The van der Waals surface area contributed by atoms with Crippen molar-refractivity contribution in [2.24, 2.45) is 0 Å². The summed E-state index contributed by atoms with van der Waals surface area (Å²) in [4.78, 5) is 6.59. The molecule has 1 aliphatic rings. The van der Waals surface area contributed by atoms with Crippen molar-refractivity contribution in [3.8, 4) is 0 Å². The number of morpholine rings is 1. The maximum atomic E-state index is 6.03. The van der Waals surface area contributed by atoms with Crippen LogP contribution in [0, 0.1) is 0 Å². The summed E-state index contributed by atoms with van der Waals surface area (Å²) in [6.45, 7) is 8.34. The van der Waals surface area contributed by atoms with Crippen molar-refractivity contribution in [2.75, 3.05) is 24.6 Å². The Balaban J connectivity index is 1.82. The summed E-state index contributed by atoms with van der Waals surface area (Å²) in [5.41, 5.74) is 0.810. The standard InChI is InChI=1S/C16H21N3O2/c1-12(2)14-17-15(21-18-14)19-9-10-20-16(3,11-19)13-7-5-4-6-8-13/h4-8,12H,9-11H2,1-3H3. The van der Waals surface area contributed by atoms with E-state index in [2.05, 4.69) is 47.9 Å². The molecule has 0 aliphatic carbocycles. The molecule has 1 aromatic heterocycles. The van der Waals surface area contributed by atoms with E-state index in [1.54, 1.807) is 0 Å². The van der Waals surface area contributed by atoms with Crippen LogP contribution in [0.5, 0.6) is 0 Å². The molecule has 2 heterocycles. The van der Waals surface area contributed by atoms with Crippen molar-refractivity contribution in [3.05, 3.63) is 41.7 Å². The molecule has 0 radical (unpaired) electrons. The molecule has 21 heavy (non-hydrogen) atoms. The quantitative estimate of drug-likeness (QED) is 0.868. The fourth-order valence-corrected chi connectivity index (χ4v) is 2.59. The van der Waals surface area contributed by atoms with Crippen LogP contribution in [0.15, 0.2) is 34.9 Å². The summed E-state index contributed by atoms with van der Waals surface area (Å²) in [6, 6.07) is 10.9. The van der Waals surface area contributed by atoms with Crippen molar-refractivity contribution >= 4 is 6.01 Å². The van der Waals surface area contributed by atoms with Crippen LogP contribution in [0.1, 0.15) is 38.1 Å². The normalized spacial score (nSPS) is 22.8. The molecule has 1 aromatic carbocycles. The lowest BCUT2D eigenvalue weighted by atomic mass is 9.94. The highest BCUT2D eigenvalue weighted by Crippen LogP contribution is 2.31. The largest absolute Gasteiger partial charge is 0.367 e. The van der Waals surface area contributed by atoms with Gasteiger partial charge in [-0.25, -0.2) is 0 Å². The van der Waals surface area contributed by atoms with Gasteiger partial charge in [-0.15, -0.1) is 0 Å². The number of aromatic nitrogens is 2. The monoisotopic (exact) mass is 287 g/mol. The Morgan fingerprint density at radius 2 is 2.00 bits per heavy atom. The number of ether oxygens (including phenoxy) is 1. The maximum Gasteiger partial charge on any atom is 0.324 e. The topological polar surface area (TPSA) is 51.4 Å². The van der Waals surface area contributed by atoms with Gasteiger partial charge >= 0.3 is 6.01 Å². The molecule has 1 aliphatic heterocycles. The first-order valence-electron chi connectivity index (χ1n) is 7.36. The number of nitrogens with zero attached hydrogens (tertiary/aromatic N) is 3. The smallest absolute Gasteiger partial charge is 0.324 e. The average molecular weight is 287 g/mol. The minimum absolute atomic E-state index is 0.268. The molecule has 0 amide bonds. The number of hydrogen-bond donors (Lipinski definition) is 0. The Morgan fingerprint density at radius 1 is 1.24 bits per heavy atom. The molecule has 1 fully saturated rings. The van der Waals surface area contributed by atoms with Crippen molar-refractivity contribution in [1.29, 1.82) is 0 Å². The van der Waals surface area contributed by atoms with Crippen molar-refractivity contribution < 1.29 is 9.26 Å². The van der Waals surface area contributed by atoms with Gasteiger partial charge in [0.15, 0.2) is 5.82 Å². The molecule has 1 saturated heterocycles. The first-order valence-corrected chi connectivity index (χ1v) is 7.36. The van der Waals surface area contributed by atoms with Gasteiger partial charge in [0.2, 0.25) is 0 Å². The summed E-state index contributed by atoms with van der Waals surface area (Å²) in [6.07, 6.45) is 0. The van der Waals surface area contributed by atoms with E-state index in [0.29, 0.717) is 19.2 Å². The summed E-state index contributed by atoms with van der Waals surface area (Å²) in [5.74, 6) is 1.02. The molecule has 2 aromatic rings. The highest BCUT2D eigenvalue weighted by Gasteiger charge is 2.35. The highest BCUT2D eigenvalue weighted by molar-refractivity contribution is 5.32. The third-order valence-electron chi connectivity index (χ3n) is 3.88. The summed E-state index contributed by atoms with van der Waals surface area (Å²) in [5, 5.41) is 4.04. The molecule has 5 heteroatoms. The number of rotatable bonds is 3. The van der Waals surface area contributed by atoms with Crippen molar-refractivity contribution in [3.63, 3.8) is 0 Å². The van der Waals surface area contributed by atoms with Crippen molar-refractivity contribution in [2.45, 2.75) is 32.3 Å². The highest BCUT2D eigenvalue weighted by atomic mass is 16.5. The second kappa shape index (κ2) is 5.48. The molecule has 112 valence electrons. The number of benzene rings is 1. The fourth-order valence-electron chi connectivity index (χ4n) is 2.59. The molecule has 0 spiro atoms. The van der Waals surface area contributed by atoms with Crippen LogP contribution in [-0.2, 0) is 10.3 Å². The van der Waals surface area contributed by atoms with Crippen molar-refractivity contribution in [1.82, 2.24) is 10.1 Å². The molecule has 1 unspecified atom stereocenters. The van der Waals surface area contributed by atoms with E-state index in [-0.39, 0.29) is 11.5 Å². The summed E-state index contributed by atoms with van der Waals surface area (Å²) in [7, 11) is 0. The van der Waals surface area contributed by atoms with Gasteiger partial charge in [-0.2, -0.15) is 4.98 Å². The van der Waals surface area contributed by atoms with E-state index in [1.165, 1.54) is 5.56 Å². The first kappa shape index (κ1) is 14.1. The lowest BCUT2D eigenvalue weighted by Gasteiger charge is -2.39. The molecule has 0 bridgehead atoms. The predicted molar refractivity (Wildman–Crippen MR) is 80.3 cm³/mol. The zero-order chi connectivity index (χ0) is 14.9. The molecular weight excluding hydrogens is 266 g/mol. The minimum Gasteiger partial charge on any atom is -0.367 e. The van der Waals surface area contributed by atoms with Gasteiger partial charge in [-0.3, -0.25) is 0 Å².